The van der Waals surface area contributed by atoms with Gasteiger partial charge in [0.25, 0.3) is 0 Å². The minimum Gasteiger partial charge on any atom is -0.496 e. The van der Waals surface area contributed by atoms with Crippen LogP contribution in [-0.2, 0) is 6.54 Å². The fraction of sp³-hybridized carbons (Fsp3) is 0.320. The van der Waals surface area contributed by atoms with Gasteiger partial charge in [-0.1, -0.05) is 30.7 Å². The third kappa shape index (κ3) is 3.39. The smallest absolute Gasteiger partial charge is 0.124 e. The molecule has 1 fully saturated rings. The van der Waals surface area contributed by atoms with Crippen LogP contribution in [0.25, 0.3) is 22.0 Å². The molecule has 0 radical (unpaired) electrons. The second kappa shape index (κ2) is 8.00. The average molecular weight is 401 g/mol. The zero-order valence-electron chi connectivity index (χ0n) is 17.6. The lowest BCUT2D eigenvalue weighted by Gasteiger charge is -2.36. The number of fused-ring (bicyclic) bond motifs is 1. The van der Waals surface area contributed by atoms with Crippen LogP contribution in [0.4, 0.5) is 0 Å². The predicted molar refractivity (Wildman–Crippen MR) is 121 cm³/mol. The van der Waals surface area contributed by atoms with Crippen molar-refractivity contribution < 1.29 is 4.74 Å². The summed E-state index contributed by atoms with van der Waals surface area (Å²) in [6.45, 7) is 4.14. The molecule has 2 N–H and O–H groups in total. The van der Waals surface area contributed by atoms with Gasteiger partial charge in [-0.2, -0.15) is 5.10 Å². The number of aromatic amines is 2. The third-order valence-corrected chi connectivity index (χ3v) is 6.43. The Bertz CT molecular complexity index is 1130. The van der Waals surface area contributed by atoms with E-state index in [1.807, 2.05) is 18.6 Å². The van der Waals surface area contributed by atoms with Crippen molar-refractivity contribution in [2.45, 2.75) is 38.8 Å². The Morgan fingerprint density at radius 2 is 2.00 bits per heavy atom. The van der Waals surface area contributed by atoms with E-state index in [1.54, 1.807) is 7.11 Å². The monoisotopic (exact) mass is 400 g/mol. The van der Waals surface area contributed by atoms with Gasteiger partial charge in [0.05, 0.1) is 13.3 Å². The maximum Gasteiger partial charge on any atom is 0.124 e. The third-order valence-electron chi connectivity index (χ3n) is 6.43. The first-order valence-corrected chi connectivity index (χ1v) is 10.7. The van der Waals surface area contributed by atoms with Crippen LogP contribution in [-0.4, -0.2) is 33.7 Å². The molecular formula is C25H28N4O. The van der Waals surface area contributed by atoms with E-state index in [0.29, 0.717) is 6.04 Å². The molecule has 0 amide bonds. The van der Waals surface area contributed by atoms with Crippen molar-refractivity contribution >= 4 is 10.9 Å². The van der Waals surface area contributed by atoms with Crippen LogP contribution in [0.3, 0.4) is 0 Å². The first-order chi connectivity index (χ1) is 14.7. The maximum absolute atomic E-state index is 5.79. The van der Waals surface area contributed by atoms with Gasteiger partial charge in [-0.15, -0.1) is 0 Å². The Morgan fingerprint density at radius 3 is 2.77 bits per heavy atom. The van der Waals surface area contributed by atoms with Gasteiger partial charge in [-0.3, -0.25) is 10.00 Å². The summed E-state index contributed by atoms with van der Waals surface area (Å²) in [5, 5.41) is 8.23. The fourth-order valence-corrected chi connectivity index (χ4v) is 4.85. The van der Waals surface area contributed by atoms with Crippen molar-refractivity contribution in [3.05, 3.63) is 71.7 Å². The van der Waals surface area contributed by atoms with Crippen molar-refractivity contribution in [3.8, 4) is 16.9 Å². The summed E-state index contributed by atoms with van der Waals surface area (Å²) < 4.78 is 5.79. The molecule has 5 heteroatoms. The number of ether oxygens (including phenoxy) is 1. The molecule has 1 unspecified atom stereocenters. The number of aromatic nitrogens is 3. The lowest BCUT2D eigenvalue weighted by atomic mass is 9.93. The molecule has 30 heavy (non-hydrogen) atoms. The van der Waals surface area contributed by atoms with Crippen LogP contribution >= 0.6 is 0 Å². The SMILES string of the molecule is COc1cc(C)c2[nH]ccc2c1CN1CCCCC1c1ccc(-c2cn[nH]c2)cc1. The quantitative estimate of drug-likeness (QED) is 0.458. The second-order valence-corrected chi connectivity index (χ2v) is 8.23. The van der Waals surface area contributed by atoms with E-state index >= 15 is 0 Å². The summed E-state index contributed by atoms with van der Waals surface area (Å²) in [4.78, 5) is 6.02. The van der Waals surface area contributed by atoms with Gasteiger partial charge in [0.1, 0.15) is 5.75 Å². The van der Waals surface area contributed by atoms with Gasteiger partial charge in [0.15, 0.2) is 0 Å². The van der Waals surface area contributed by atoms with E-state index in [4.69, 9.17) is 4.74 Å². The van der Waals surface area contributed by atoms with E-state index in [0.717, 1.165) is 24.4 Å². The summed E-state index contributed by atoms with van der Waals surface area (Å²) >= 11 is 0. The summed E-state index contributed by atoms with van der Waals surface area (Å²) in [6.07, 6.45) is 9.54. The minimum absolute atomic E-state index is 0.428. The first kappa shape index (κ1) is 18.9. The molecule has 3 heterocycles. The van der Waals surface area contributed by atoms with E-state index < -0.39 is 0 Å². The molecule has 154 valence electrons. The molecule has 2 aromatic carbocycles. The Labute approximate surface area is 177 Å². The minimum atomic E-state index is 0.428. The molecule has 0 spiro atoms. The number of likely N-dealkylation sites (tertiary alicyclic amines) is 1. The normalized spacial score (nSPS) is 17.5. The standard InChI is InChI=1S/C25H28N4O/c1-17-13-24(30-2)22(21-10-11-26-25(17)21)16-29-12-4-3-5-23(29)19-8-6-18(7-9-19)20-14-27-28-15-20/h6-11,13-15,23,26H,3-5,12,16H2,1-2H3,(H,27,28). The fourth-order valence-electron chi connectivity index (χ4n) is 4.85. The molecule has 0 aliphatic carbocycles. The Balaban J connectivity index is 1.46. The van der Waals surface area contributed by atoms with Crippen LogP contribution in [0, 0.1) is 6.92 Å². The van der Waals surface area contributed by atoms with Crippen molar-refractivity contribution in [2.75, 3.05) is 13.7 Å². The number of piperidine rings is 1. The molecule has 5 rings (SSSR count). The number of rotatable bonds is 5. The van der Waals surface area contributed by atoms with E-state index in [9.17, 15) is 0 Å². The van der Waals surface area contributed by atoms with Gasteiger partial charge >= 0.3 is 0 Å². The highest BCUT2D eigenvalue weighted by Crippen LogP contribution is 2.37. The number of nitrogens with zero attached hydrogens (tertiary/aromatic N) is 2. The number of benzene rings is 2. The van der Waals surface area contributed by atoms with Gasteiger partial charge in [-0.05, 0) is 55.1 Å². The van der Waals surface area contributed by atoms with Crippen molar-refractivity contribution in [2.24, 2.45) is 0 Å². The van der Waals surface area contributed by atoms with Crippen molar-refractivity contribution in [3.63, 3.8) is 0 Å². The molecule has 2 aromatic heterocycles. The molecule has 1 saturated heterocycles. The number of aryl methyl sites for hydroxylation is 1. The van der Waals surface area contributed by atoms with Gasteiger partial charge in [-0.25, -0.2) is 0 Å². The highest BCUT2D eigenvalue weighted by Gasteiger charge is 2.26. The average Bonchev–Trinajstić information content (AvgIpc) is 3.49. The number of hydrogen-bond acceptors (Lipinski definition) is 3. The number of H-pyrrole nitrogens is 2. The van der Waals surface area contributed by atoms with Crippen LogP contribution < -0.4 is 4.74 Å². The second-order valence-electron chi connectivity index (χ2n) is 8.23. The van der Waals surface area contributed by atoms with Crippen molar-refractivity contribution in [1.82, 2.24) is 20.1 Å². The molecule has 0 bridgehead atoms. The van der Waals surface area contributed by atoms with Gasteiger partial charge < -0.3 is 9.72 Å². The summed E-state index contributed by atoms with van der Waals surface area (Å²) in [5.41, 5.74) is 7.43. The molecular weight excluding hydrogens is 372 g/mol. The number of nitrogens with one attached hydrogen (secondary N) is 2. The molecule has 1 aliphatic rings. The van der Waals surface area contributed by atoms with Gasteiger partial charge in [0, 0.05) is 47.0 Å². The highest BCUT2D eigenvalue weighted by atomic mass is 16.5. The molecule has 5 nitrogen and oxygen atoms in total. The first-order valence-electron chi connectivity index (χ1n) is 10.7. The Kier molecular flexibility index (Phi) is 5.05. The molecule has 0 saturated carbocycles. The van der Waals surface area contributed by atoms with Gasteiger partial charge in [0.2, 0.25) is 0 Å². The van der Waals surface area contributed by atoms with Crippen molar-refractivity contribution in [1.29, 1.82) is 0 Å². The Morgan fingerprint density at radius 1 is 1.13 bits per heavy atom. The van der Waals surface area contributed by atoms with E-state index in [1.165, 1.54) is 52.4 Å². The summed E-state index contributed by atoms with van der Waals surface area (Å²) in [5.74, 6) is 0.985. The van der Waals surface area contributed by atoms with Crippen LogP contribution in [0.5, 0.6) is 5.75 Å². The summed E-state index contributed by atoms with van der Waals surface area (Å²) in [6, 6.07) is 13.8. The zero-order chi connectivity index (χ0) is 20.5. The summed E-state index contributed by atoms with van der Waals surface area (Å²) in [7, 11) is 1.78. The number of methoxy groups -OCH3 is 1. The van der Waals surface area contributed by atoms with Crippen LogP contribution in [0.2, 0.25) is 0 Å². The lowest BCUT2D eigenvalue weighted by Crippen LogP contribution is -2.33. The highest BCUT2D eigenvalue weighted by molar-refractivity contribution is 5.88. The zero-order valence-corrected chi connectivity index (χ0v) is 17.6. The topological polar surface area (TPSA) is 56.9 Å². The Hall–Kier alpha value is -3.05. The van der Waals surface area contributed by atoms with E-state index in [-0.39, 0.29) is 0 Å². The molecule has 4 aromatic rings. The largest absolute Gasteiger partial charge is 0.496 e. The predicted octanol–water partition coefficient (Wildman–Crippen LogP) is 5.60. The molecule has 1 aliphatic heterocycles. The van der Waals surface area contributed by atoms with E-state index in [2.05, 4.69) is 63.4 Å². The number of hydrogen-bond donors (Lipinski definition) is 2. The maximum atomic E-state index is 5.79. The molecule has 1 atom stereocenters. The lowest BCUT2D eigenvalue weighted by molar-refractivity contribution is 0.139. The van der Waals surface area contributed by atoms with Crippen LogP contribution in [0.1, 0.15) is 42.0 Å². The van der Waals surface area contributed by atoms with Crippen LogP contribution in [0.15, 0.2) is 55.0 Å².